The minimum absolute atomic E-state index is 0.0791. The van der Waals surface area contributed by atoms with Crippen molar-refractivity contribution in [3.05, 3.63) is 30.1 Å². The molecule has 0 amide bonds. The molecule has 1 aromatic carbocycles. The Bertz CT molecular complexity index is 409. The van der Waals surface area contributed by atoms with Gasteiger partial charge in [-0.1, -0.05) is 0 Å². The molecule has 1 heterocycles. The predicted molar refractivity (Wildman–Crippen MR) is 75.9 cm³/mol. The van der Waals surface area contributed by atoms with Crippen molar-refractivity contribution in [2.24, 2.45) is 5.73 Å². The lowest BCUT2D eigenvalue weighted by atomic mass is 9.84. The average Bonchev–Trinajstić information content (AvgIpc) is 2.42. The Balaban J connectivity index is 2.30. The van der Waals surface area contributed by atoms with E-state index in [1.165, 1.54) is 12.1 Å². The topological polar surface area (TPSA) is 38.5 Å². The maximum absolute atomic E-state index is 13.1. The molecule has 1 aliphatic heterocycles. The van der Waals surface area contributed by atoms with Gasteiger partial charge in [-0.05, 0) is 51.0 Å². The van der Waals surface area contributed by atoms with Crippen LogP contribution < -0.4 is 10.6 Å². The summed E-state index contributed by atoms with van der Waals surface area (Å²) in [4.78, 5) is 2.30. The molecule has 3 nitrogen and oxygen atoms in total. The van der Waals surface area contributed by atoms with E-state index in [2.05, 4.69) is 18.7 Å². The zero-order chi connectivity index (χ0) is 13.9. The SMILES string of the molecule is CCN(c1ccc(F)cc1)C1(CN)CCOC(C)C1. The minimum Gasteiger partial charge on any atom is -0.378 e. The third kappa shape index (κ3) is 2.90. The van der Waals surface area contributed by atoms with Crippen LogP contribution in [0.5, 0.6) is 0 Å². The van der Waals surface area contributed by atoms with Crippen LogP contribution >= 0.6 is 0 Å². The van der Waals surface area contributed by atoms with Gasteiger partial charge < -0.3 is 15.4 Å². The summed E-state index contributed by atoms with van der Waals surface area (Å²) < 4.78 is 18.7. The quantitative estimate of drug-likeness (QED) is 0.910. The molecule has 2 unspecified atom stereocenters. The number of rotatable bonds is 4. The van der Waals surface area contributed by atoms with Crippen molar-refractivity contribution < 1.29 is 9.13 Å². The van der Waals surface area contributed by atoms with Gasteiger partial charge in [-0.2, -0.15) is 0 Å². The molecule has 2 atom stereocenters. The van der Waals surface area contributed by atoms with Gasteiger partial charge >= 0.3 is 0 Å². The number of ether oxygens (including phenoxy) is 1. The first kappa shape index (κ1) is 14.3. The molecule has 0 aromatic heterocycles. The second-order valence-corrected chi connectivity index (χ2v) is 5.28. The zero-order valence-electron chi connectivity index (χ0n) is 11.7. The van der Waals surface area contributed by atoms with Gasteiger partial charge in [-0.25, -0.2) is 4.39 Å². The van der Waals surface area contributed by atoms with Crippen molar-refractivity contribution in [2.75, 3.05) is 24.6 Å². The molecule has 0 radical (unpaired) electrons. The van der Waals surface area contributed by atoms with Gasteiger partial charge in [0.05, 0.1) is 11.6 Å². The minimum atomic E-state index is -0.207. The fourth-order valence-electron chi connectivity index (χ4n) is 3.10. The molecule has 2 N–H and O–H groups in total. The van der Waals surface area contributed by atoms with Gasteiger partial charge in [-0.3, -0.25) is 0 Å². The van der Waals surface area contributed by atoms with E-state index in [-0.39, 0.29) is 17.5 Å². The fourth-order valence-corrected chi connectivity index (χ4v) is 3.10. The van der Waals surface area contributed by atoms with Crippen molar-refractivity contribution >= 4 is 5.69 Å². The maximum Gasteiger partial charge on any atom is 0.123 e. The lowest BCUT2D eigenvalue weighted by molar-refractivity contribution is -0.00738. The van der Waals surface area contributed by atoms with E-state index in [9.17, 15) is 4.39 Å². The van der Waals surface area contributed by atoms with Gasteiger partial charge in [0.1, 0.15) is 5.82 Å². The van der Waals surface area contributed by atoms with Crippen LogP contribution in [0.2, 0.25) is 0 Å². The summed E-state index contributed by atoms with van der Waals surface area (Å²) in [5.41, 5.74) is 7.02. The summed E-state index contributed by atoms with van der Waals surface area (Å²) in [6, 6.07) is 6.67. The third-order valence-electron chi connectivity index (χ3n) is 4.04. The van der Waals surface area contributed by atoms with Crippen LogP contribution in [-0.2, 0) is 4.74 Å². The highest BCUT2D eigenvalue weighted by molar-refractivity contribution is 5.49. The van der Waals surface area contributed by atoms with E-state index in [1.807, 2.05) is 12.1 Å². The van der Waals surface area contributed by atoms with Crippen LogP contribution in [0.15, 0.2) is 24.3 Å². The van der Waals surface area contributed by atoms with Crippen LogP contribution in [0, 0.1) is 5.82 Å². The highest BCUT2D eigenvalue weighted by atomic mass is 19.1. The molecular formula is C15H23FN2O. The van der Waals surface area contributed by atoms with Crippen molar-refractivity contribution in [1.29, 1.82) is 0 Å². The first-order valence-electron chi connectivity index (χ1n) is 6.96. The highest BCUT2D eigenvalue weighted by Gasteiger charge is 2.39. The summed E-state index contributed by atoms with van der Waals surface area (Å²) in [7, 11) is 0. The molecule has 0 saturated carbocycles. The molecule has 106 valence electrons. The molecule has 19 heavy (non-hydrogen) atoms. The summed E-state index contributed by atoms with van der Waals surface area (Å²) in [6.07, 6.45) is 2.04. The van der Waals surface area contributed by atoms with E-state index >= 15 is 0 Å². The number of hydrogen-bond acceptors (Lipinski definition) is 3. The molecule has 2 rings (SSSR count). The number of likely N-dealkylation sites (N-methyl/N-ethyl adjacent to an activating group) is 1. The number of nitrogens with zero attached hydrogens (tertiary/aromatic N) is 1. The largest absolute Gasteiger partial charge is 0.378 e. The van der Waals surface area contributed by atoms with Crippen molar-refractivity contribution in [3.8, 4) is 0 Å². The average molecular weight is 266 g/mol. The van der Waals surface area contributed by atoms with Crippen molar-refractivity contribution in [1.82, 2.24) is 0 Å². The van der Waals surface area contributed by atoms with E-state index < -0.39 is 0 Å². The van der Waals surface area contributed by atoms with Crippen LogP contribution in [-0.4, -0.2) is 31.3 Å². The Morgan fingerprint density at radius 2 is 2.11 bits per heavy atom. The molecule has 0 bridgehead atoms. The molecule has 1 aliphatic rings. The molecule has 1 saturated heterocycles. The Labute approximate surface area is 114 Å². The van der Waals surface area contributed by atoms with Gasteiger partial charge in [0.15, 0.2) is 0 Å². The first-order chi connectivity index (χ1) is 9.11. The smallest absolute Gasteiger partial charge is 0.123 e. The fraction of sp³-hybridized carbons (Fsp3) is 0.600. The van der Waals surface area contributed by atoms with Crippen molar-refractivity contribution in [3.63, 3.8) is 0 Å². The highest BCUT2D eigenvalue weighted by Crippen LogP contribution is 2.34. The molecule has 0 spiro atoms. The van der Waals surface area contributed by atoms with Gasteiger partial charge in [0.25, 0.3) is 0 Å². The van der Waals surface area contributed by atoms with E-state index in [4.69, 9.17) is 10.5 Å². The number of anilines is 1. The standard InChI is InChI=1S/C15H23FN2O/c1-3-18(14-6-4-13(16)5-7-14)15(11-17)8-9-19-12(2)10-15/h4-7,12H,3,8-11,17H2,1-2H3. The van der Waals surface area contributed by atoms with E-state index in [0.717, 1.165) is 31.7 Å². The summed E-state index contributed by atoms with van der Waals surface area (Å²) >= 11 is 0. The lowest BCUT2D eigenvalue weighted by Crippen LogP contribution is -2.58. The summed E-state index contributed by atoms with van der Waals surface area (Å²) in [5.74, 6) is -0.207. The number of nitrogens with two attached hydrogens (primary N) is 1. The zero-order valence-corrected chi connectivity index (χ0v) is 11.7. The number of benzene rings is 1. The second-order valence-electron chi connectivity index (χ2n) is 5.28. The Kier molecular flexibility index (Phi) is 4.42. The second kappa shape index (κ2) is 5.88. The molecule has 0 aliphatic carbocycles. The van der Waals surface area contributed by atoms with Gasteiger partial charge in [0.2, 0.25) is 0 Å². The van der Waals surface area contributed by atoms with Crippen molar-refractivity contribution in [2.45, 2.75) is 38.3 Å². The summed E-state index contributed by atoms with van der Waals surface area (Å²) in [6.45, 7) is 6.38. The predicted octanol–water partition coefficient (Wildman–Crippen LogP) is 2.55. The third-order valence-corrected chi connectivity index (χ3v) is 4.04. The van der Waals surface area contributed by atoms with Gasteiger partial charge in [-0.15, -0.1) is 0 Å². The van der Waals surface area contributed by atoms with Gasteiger partial charge in [0, 0.05) is 25.4 Å². The molecule has 1 fully saturated rings. The number of hydrogen-bond donors (Lipinski definition) is 1. The first-order valence-corrected chi connectivity index (χ1v) is 6.96. The van der Waals surface area contributed by atoms with Crippen LogP contribution in [0.3, 0.4) is 0 Å². The Morgan fingerprint density at radius 3 is 2.63 bits per heavy atom. The molecule has 4 heteroatoms. The molecule has 1 aromatic rings. The van der Waals surface area contributed by atoms with E-state index in [1.54, 1.807) is 0 Å². The maximum atomic E-state index is 13.1. The van der Waals surface area contributed by atoms with Crippen LogP contribution in [0.4, 0.5) is 10.1 Å². The lowest BCUT2D eigenvalue weighted by Gasteiger charge is -2.48. The molecular weight excluding hydrogens is 243 g/mol. The van der Waals surface area contributed by atoms with Crippen LogP contribution in [0.25, 0.3) is 0 Å². The normalized spacial score (nSPS) is 27.3. The van der Waals surface area contributed by atoms with E-state index in [0.29, 0.717) is 6.54 Å². The number of halogens is 1. The van der Waals surface area contributed by atoms with Crippen LogP contribution in [0.1, 0.15) is 26.7 Å². The Morgan fingerprint density at radius 1 is 1.42 bits per heavy atom. The Hall–Kier alpha value is -1.13. The monoisotopic (exact) mass is 266 g/mol. The summed E-state index contributed by atoms with van der Waals surface area (Å²) in [5, 5.41) is 0.